The molecule has 0 saturated heterocycles. The van der Waals surface area contributed by atoms with Gasteiger partial charge in [-0.1, -0.05) is 11.6 Å². The first-order valence-electron chi connectivity index (χ1n) is 6.47. The zero-order valence-corrected chi connectivity index (χ0v) is 13.2. The van der Waals surface area contributed by atoms with Gasteiger partial charge in [-0.25, -0.2) is 4.68 Å². The third-order valence-corrected chi connectivity index (χ3v) is 3.69. The Morgan fingerprint density at radius 1 is 1.52 bits per heavy atom. The van der Waals surface area contributed by atoms with E-state index in [1.165, 1.54) is 0 Å². The number of anilines is 1. The monoisotopic (exact) mass is 311 g/mol. The molecule has 0 spiro atoms. The largest absolute Gasteiger partial charge is 0.362 e. The molecule has 0 aromatic carbocycles. The summed E-state index contributed by atoms with van der Waals surface area (Å²) in [4.78, 5) is 12.3. The minimum atomic E-state index is -0.470. The second kappa shape index (κ2) is 6.28. The number of ether oxygens (including phenoxy) is 1. The molecule has 21 heavy (non-hydrogen) atoms. The summed E-state index contributed by atoms with van der Waals surface area (Å²) >= 11 is 6.10. The number of amides is 1. The molecule has 1 N–H and O–H groups in total. The highest BCUT2D eigenvalue weighted by atomic mass is 35.5. The minimum Gasteiger partial charge on any atom is -0.362 e. The Bertz CT molecular complexity index is 649. The van der Waals surface area contributed by atoms with E-state index < -0.39 is 6.04 Å². The molecule has 0 fully saturated rings. The lowest BCUT2D eigenvalue weighted by Crippen LogP contribution is -2.25. The quantitative estimate of drug-likeness (QED) is 0.918. The summed E-state index contributed by atoms with van der Waals surface area (Å²) in [6.45, 7) is 5.75. The molecule has 0 aliphatic heterocycles. The minimum absolute atomic E-state index is 0.186. The number of hydrogen-bond donors (Lipinski definition) is 1. The maximum absolute atomic E-state index is 12.3. The SMILES string of the molecule is COCn1cc(NC(=O)C(C)n2nc(C)c(Cl)c2C)cn1. The highest BCUT2D eigenvalue weighted by Gasteiger charge is 2.20. The first-order chi connectivity index (χ1) is 9.93. The number of aryl methyl sites for hydroxylation is 1. The maximum atomic E-state index is 12.3. The van der Waals surface area contributed by atoms with Crippen LogP contribution >= 0.6 is 11.6 Å². The highest BCUT2D eigenvalue weighted by molar-refractivity contribution is 6.31. The van der Waals surface area contributed by atoms with Crippen molar-refractivity contribution in [3.63, 3.8) is 0 Å². The van der Waals surface area contributed by atoms with Gasteiger partial charge >= 0.3 is 0 Å². The van der Waals surface area contributed by atoms with Gasteiger partial charge in [-0.05, 0) is 20.8 Å². The Morgan fingerprint density at radius 3 is 2.81 bits per heavy atom. The summed E-state index contributed by atoms with van der Waals surface area (Å²) < 4.78 is 8.16. The smallest absolute Gasteiger partial charge is 0.249 e. The maximum Gasteiger partial charge on any atom is 0.249 e. The van der Waals surface area contributed by atoms with E-state index in [9.17, 15) is 4.79 Å². The summed E-state index contributed by atoms with van der Waals surface area (Å²) in [5.41, 5.74) is 2.09. The van der Waals surface area contributed by atoms with Crippen molar-refractivity contribution >= 4 is 23.2 Å². The van der Waals surface area contributed by atoms with Crippen LogP contribution in [0.3, 0.4) is 0 Å². The molecule has 2 heterocycles. The van der Waals surface area contributed by atoms with Crippen LogP contribution in [0.4, 0.5) is 5.69 Å². The van der Waals surface area contributed by atoms with E-state index in [0.29, 0.717) is 23.1 Å². The van der Waals surface area contributed by atoms with Gasteiger partial charge in [-0.15, -0.1) is 0 Å². The summed E-state index contributed by atoms with van der Waals surface area (Å²) in [6, 6.07) is -0.470. The lowest BCUT2D eigenvalue weighted by atomic mass is 10.3. The Morgan fingerprint density at radius 2 is 2.24 bits per heavy atom. The number of nitrogens with one attached hydrogen (secondary N) is 1. The Kier molecular flexibility index (Phi) is 4.64. The van der Waals surface area contributed by atoms with Crippen molar-refractivity contribution in [2.24, 2.45) is 0 Å². The Balaban J connectivity index is 2.09. The van der Waals surface area contributed by atoms with Gasteiger partial charge in [-0.3, -0.25) is 9.48 Å². The van der Waals surface area contributed by atoms with Crippen LogP contribution in [0.25, 0.3) is 0 Å². The molecular weight excluding hydrogens is 294 g/mol. The van der Waals surface area contributed by atoms with Gasteiger partial charge in [0, 0.05) is 7.11 Å². The molecule has 114 valence electrons. The van der Waals surface area contributed by atoms with E-state index in [1.807, 2.05) is 13.8 Å². The fourth-order valence-corrected chi connectivity index (χ4v) is 2.13. The molecule has 1 unspecified atom stereocenters. The summed E-state index contributed by atoms with van der Waals surface area (Å²) in [6.07, 6.45) is 3.26. The van der Waals surface area contributed by atoms with Crippen LogP contribution in [-0.2, 0) is 16.3 Å². The fourth-order valence-electron chi connectivity index (χ4n) is 2.01. The number of rotatable bonds is 5. The van der Waals surface area contributed by atoms with E-state index in [4.69, 9.17) is 16.3 Å². The van der Waals surface area contributed by atoms with Gasteiger partial charge in [0.1, 0.15) is 12.8 Å². The molecule has 0 bridgehead atoms. The third kappa shape index (κ3) is 3.25. The Labute approximate surface area is 127 Å². The van der Waals surface area contributed by atoms with Crippen LogP contribution in [0, 0.1) is 13.8 Å². The van der Waals surface area contributed by atoms with Gasteiger partial charge in [0.2, 0.25) is 5.91 Å². The van der Waals surface area contributed by atoms with Crippen LogP contribution < -0.4 is 5.32 Å². The second-order valence-corrected chi connectivity index (χ2v) is 5.16. The van der Waals surface area contributed by atoms with Crippen molar-refractivity contribution in [3.8, 4) is 0 Å². The molecule has 0 radical (unpaired) electrons. The number of halogens is 1. The number of methoxy groups -OCH3 is 1. The molecule has 2 aromatic heterocycles. The van der Waals surface area contributed by atoms with E-state index in [2.05, 4.69) is 15.5 Å². The van der Waals surface area contributed by atoms with E-state index in [-0.39, 0.29) is 5.91 Å². The second-order valence-electron chi connectivity index (χ2n) is 4.78. The first-order valence-corrected chi connectivity index (χ1v) is 6.85. The van der Waals surface area contributed by atoms with Crippen molar-refractivity contribution in [3.05, 3.63) is 28.8 Å². The first kappa shape index (κ1) is 15.5. The molecule has 1 atom stereocenters. The third-order valence-electron chi connectivity index (χ3n) is 3.15. The number of hydrogen-bond acceptors (Lipinski definition) is 4. The lowest BCUT2D eigenvalue weighted by Gasteiger charge is -2.13. The molecule has 0 aliphatic carbocycles. The molecule has 8 heteroatoms. The molecular formula is C13H18ClN5O2. The Hall–Kier alpha value is -1.86. The van der Waals surface area contributed by atoms with Gasteiger partial charge in [0.05, 0.1) is 34.5 Å². The average Bonchev–Trinajstić information content (AvgIpc) is 2.98. The molecule has 1 amide bonds. The number of carbonyl (C=O) groups excluding carboxylic acids is 1. The van der Waals surface area contributed by atoms with Crippen LogP contribution in [-0.4, -0.2) is 32.6 Å². The summed E-state index contributed by atoms with van der Waals surface area (Å²) in [5.74, 6) is -0.186. The van der Waals surface area contributed by atoms with E-state index in [1.54, 1.807) is 35.8 Å². The van der Waals surface area contributed by atoms with Crippen molar-refractivity contribution in [2.45, 2.75) is 33.5 Å². The zero-order valence-electron chi connectivity index (χ0n) is 12.4. The van der Waals surface area contributed by atoms with Gasteiger partial charge in [-0.2, -0.15) is 10.2 Å². The van der Waals surface area contributed by atoms with E-state index >= 15 is 0 Å². The van der Waals surface area contributed by atoms with Crippen molar-refractivity contribution < 1.29 is 9.53 Å². The number of aromatic nitrogens is 4. The topological polar surface area (TPSA) is 74.0 Å². The normalized spacial score (nSPS) is 12.4. The molecule has 2 aromatic rings. The van der Waals surface area contributed by atoms with Crippen molar-refractivity contribution in [1.29, 1.82) is 0 Å². The summed E-state index contributed by atoms with van der Waals surface area (Å²) in [5, 5.41) is 11.7. The van der Waals surface area contributed by atoms with Gasteiger partial charge in [0.25, 0.3) is 0 Å². The van der Waals surface area contributed by atoms with Crippen LogP contribution in [0.1, 0.15) is 24.4 Å². The average molecular weight is 312 g/mol. The lowest BCUT2D eigenvalue weighted by molar-refractivity contribution is -0.119. The zero-order chi connectivity index (χ0) is 15.6. The molecule has 7 nitrogen and oxygen atoms in total. The number of nitrogens with zero attached hydrogens (tertiary/aromatic N) is 4. The van der Waals surface area contributed by atoms with Crippen molar-refractivity contribution in [2.75, 3.05) is 12.4 Å². The van der Waals surface area contributed by atoms with Gasteiger partial charge in [0.15, 0.2) is 0 Å². The molecule has 0 aliphatic rings. The van der Waals surface area contributed by atoms with Crippen LogP contribution in [0.2, 0.25) is 5.02 Å². The van der Waals surface area contributed by atoms with Gasteiger partial charge < -0.3 is 10.1 Å². The van der Waals surface area contributed by atoms with Crippen molar-refractivity contribution in [1.82, 2.24) is 19.6 Å². The predicted molar refractivity (Wildman–Crippen MR) is 79.3 cm³/mol. The van der Waals surface area contributed by atoms with Crippen LogP contribution in [0.15, 0.2) is 12.4 Å². The van der Waals surface area contributed by atoms with Crippen LogP contribution in [0.5, 0.6) is 0 Å². The molecule has 2 rings (SSSR count). The van der Waals surface area contributed by atoms with E-state index in [0.717, 1.165) is 5.69 Å². The predicted octanol–water partition coefficient (Wildman–Crippen LogP) is 2.15. The number of carbonyl (C=O) groups is 1. The molecule has 0 saturated carbocycles. The fraction of sp³-hybridized carbons (Fsp3) is 0.462. The summed E-state index contributed by atoms with van der Waals surface area (Å²) in [7, 11) is 1.58. The highest BCUT2D eigenvalue weighted by Crippen LogP contribution is 2.22. The standard InChI is InChI=1S/C13H18ClN5O2/c1-8-12(14)9(2)19(17-8)10(3)13(20)16-11-5-15-18(6-11)7-21-4/h5-6,10H,7H2,1-4H3,(H,16,20).